The van der Waals surface area contributed by atoms with Crippen molar-refractivity contribution in [1.29, 1.82) is 0 Å². The van der Waals surface area contributed by atoms with Gasteiger partial charge in [0.1, 0.15) is 5.54 Å². The van der Waals surface area contributed by atoms with E-state index < -0.39 is 11.5 Å². The molecule has 0 aromatic heterocycles. The van der Waals surface area contributed by atoms with Crippen LogP contribution in [0.1, 0.15) is 52.4 Å². The molecular formula is C15H30N2O2. The van der Waals surface area contributed by atoms with Gasteiger partial charge in [0.05, 0.1) is 0 Å². The summed E-state index contributed by atoms with van der Waals surface area (Å²) in [6.45, 7) is 6.57. The van der Waals surface area contributed by atoms with Gasteiger partial charge in [0.25, 0.3) is 0 Å². The third-order valence-electron chi connectivity index (χ3n) is 4.28. The molecule has 0 aliphatic heterocycles. The highest BCUT2D eigenvalue weighted by Crippen LogP contribution is 2.25. The van der Waals surface area contributed by atoms with Gasteiger partial charge in [-0.2, -0.15) is 0 Å². The average Bonchev–Trinajstić information content (AvgIpc) is 2.86. The van der Waals surface area contributed by atoms with Crippen LogP contribution in [0.2, 0.25) is 0 Å². The van der Waals surface area contributed by atoms with Crippen LogP contribution < -0.4 is 5.32 Å². The monoisotopic (exact) mass is 270 g/mol. The Bertz CT molecular complexity index is 277. The maximum atomic E-state index is 11.4. The van der Waals surface area contributed by atoms with Crippen LogP contribution in [0.25, 0.3) is 0 Å². The van der Waals surface area contributed by atoms with E-state index in [-0.39, 0.29) is 0 Å². The second kappa shape index (κ2) is 7.85. The molecule has 1 unspecified atom stereocenters. The molecule has 19 heavy (non-hydrogen) atoms. The molecule has 0 aromatic carbocycles. The van der Waals surface area contributed by atoms with E-state index in [2.05, 4.69) is 24.2 Å². The van der Waals surface area contributed by atoms with E-state index in [1.165, 1.54) is 25.7 Å². The summed E-state index contributed by atoms with van der Waals surface area (Å²) in [5.41, 5.74) is -0.792. The number of hydrogen-bond acceptors (Lipinski definition) is 3. The Morgan fingerprint density at radius 1 is 1.42 bits per heavy atom. The van der Waals surface area contributed by atoms with Gasteiger partial charge in [-0.25, -0.2) is 0 Å². The van der Waals surface area contributed by atoms with Crippen molar-refractivity contribution in [1.82, 2.24) is 10.2 Å². The van der Waals surface area contributed by atoms with Crippen molar-refractivity contribution in [3.05, 3.63) is 0 Å². The Morgan fingerprint density at radius 3 is 2.58 bits per heavy atom. The van der Waals surface area contributed by atoms with Crippen molar-refractivity contribution in [2.24, 2.45) is 5.92 Å². The third-order valence-corrected chi connectivity index (χ3v) is 4.28. The molecule has 1 atom stereocenters. The first-order valence-corrected chi connectivity index (χ1v) is 7.65. The van der Waals surface area contributed by atoms with Gasteiger partial charge in [-0.3, -0.25) is 4.79 Å². The minimum Gasteiger partial charge on any atom is -0.480 e. The van der Waals surface area contributed by atoms with Gasteiger partial charge in [-0.05, 0) is 52.1 Å². The Morgan fingerprint density at radius 2 is 2.05 bits per heavy atom. The number of nitrogens with one attached hydrogen (secondary N) is 1. The molecule has 1 rings (SSSR count). The van der Waals surface area contributed by atoms with E-state index in [1.807, 2.05) is 0 Å². The third kappa shape index (κ3) is 5.49. The maximum Gasteiger partial charge on any atom is 0.323 e. The minimum atomic E-state index is -0.792. The molecule has 0 heterocycles. The standard InChI is InChI=1S/C15H30N2O2/c1-4-10-16-15(2,14(18)19)9-11-17(3)12-13-7-5-6-8-13/h13,16H,4-12H2,1-3H3,(H,18,19). The summed E-state index contributed by atoms with van der Waals surface area (Å²) in [7, 11) is 2.11. The quantitative estimate of drug-likeness (QED) is 0.675. The molecule has 4 heteroatoms. The lowest BCUT2D eigenvalue weighted by Gasteiger charge is -2.29. The zero-order chi connectivity index (χ0) is 14.3. The molecule has 1 aliphatic carbocycles. The molecule has 0 aromatic rings. The van der Waals surface area contributed by atoms with Crippen molar-refractivity contribution in [2.45, 2.75) is 57.9 Å². The predicted octanol–water partition coefficient (Wildman–Crippen LogP) is 2.34. The smallest absolute Gasteiger partial charge is 0.323 e. The summed E-state index contributed by atoms with van der Waals surface area (Å²) >= 11 is 0. The van der Waals surface area contributed by atoms with Crippen molar-refractivity contribution in [3.8, 4) is 0 Å². The summed E-state index contributed by atoms with van der Waals surface area (Å²) in [6, 6.07) is 0. The lowest BCUT2D eigenvalue weighted by atomic mass is 9.97. The fraction of sp³-hybridized carbons (Fsp3) is 0.933. The summed E-state index contributed by atoms with van der Waals surface area (Å²) in [6.07, 6.45) is 7.03. The van der Waals surface area contributed by atoms with E-state index in [0.29, 0.717) is 6.42 Å². The Kier molecular flexibility index (Phi) is 6.80. The Balaban J connectivity index is 2.35. The van der Waals surface area contributed by atoms with E-state index in [9.17, 15) is 9.90 Å². The Hall–Kier alpha value is -0.610. The number of carbonyl (C=O) groups is 1. The topological polar surface area (TPSA) is 52.6 Å². The number of carboxylic acid groups (broad SMARTS) is 1. The zero-order valence-corrected chi connectivity index (χ0v) is 12.7. The first-order valence-electron chi connectivity index (χ1n) is 7.65. The number of hydrogen-bond donors (Lipinski definition) is 2. The number of carboxylic acids is 1. The number of rotatable bonds is 9. The summed E-state index contributed by atoms with van der Waals surface area (Å²) in [4.78, 5) is 13.7. The fourth-order valence-electron chi connectivity index (χ4n) is 2.81. The van der Waals surface area contributed by atoms with Crippen LogP contribution in [-0.2, 0) is 4.79 Å². The minimum absolute atomic E-state index is 0.658. The Labute approximate surface area is 117 Å². The fourth-order valence-corrected chi connectivity index (χ4v) is 2.81. The summed E-state index contributed by atoms with van der Waals surface area (Å²) in [5, 5.41) is 12.5. The lowest BCUT2D eigenvalue weighted by Crippen LogP contribution is -2.51. The molecule has 0 saturated heterocycles. The average molecular weight is 270 g/mol. The first kappa shape index (κ1) is 16.4. The van der Waals surface area contributed by atoms with Crippen LogP contribution >= 0.6 is 0 Å². The van der Waals surface area contributed by atoms with Crippen molar-refractivity contribution in [2.75, 3.05) is 26.7 Å². The van der Waals surface area contributed by atoms with Gasteiger partial charge >= 0.3 is 5.97 Å². The normalized spacial score (nSPS) is 19.8. The zero-order valence-electron chi connectivity index (χ0n) is 12.7. The van der Waals surface area contributed by atoms with Gasteiger partial charge in [-0.15, -0.1) is 0 Å². The SMILES string of the molecule is CCCNC(C)(CCN(C)CC1CCCC1)C(=O)O. The summed E-state index contributed by atoms with van der Waals surface area (Å²) < 4.78 is 0. The number of nitrogens with zero attached hydrogens (tertiary/aromatic N) is 1. The van der Waals surface area contributed by atoms with E-state index in [0.717, 1.165) is 32.0 Å². The molecular weight excluding hydrogens is 240 g/mol. The molecule has 4 nitrogen and oxygen atoms in total. The van der Waals surface area contributed by atoms with E-state index in [1.54, 1.807) is 6.92 Å². The van der Waals surface area contributed by atoms with Crippen LogP contribution in [0.15, 0.2) is 0 Å². The highest BCUT2D eigenvalue weighted by Gasteiger charge is 2.32. The van der Waals surface area contributed by atoms with Crippen molar-refractivity contribution in [3.63, 3.8) is 0 Å². The highest BCUT2D eigenvalue weighted by atomic mass is 16.4. The van der Waals surface area contributed by atoms with Gasteiger partial charge in [-0.1, -0.05) is 19.8 Å². The molecule has 112 valence electrons. The van der Waals surface area contributed by atoms with Gasteiger partial charge in [0.2, 0.25) is 0 Å². The van der Waals surface area contributed by atoms with Gasteiger partial charge in [0.15, 0.2) is 0 Å². The molecule has 0 spiro atoms. The first-order chi connectivity index (χ1) is 8.98. The van der Waals surface area contributed by atoms with Crippen LogP contribution in [0.5, 0.6) is 0 Å². The van der Waals surface area contributed by atoms with Crippen molar-refractivity contribution >= 4 is 5.97 Å². The molecule has 1 saturated carbocycles. The molecule has 1 aliphatic rings. The predicted molar refractivity (Wildman–Crippen MR) is 78.4 cm³/mol. The molecule has 2 N–H and O–H groups in total. The van der Waals surface area contributed by atoms with E-state index >= 15 is 0 Å². The molecule has 1 fully saturated rings. The van der Waals surface area contributed by atoms with Crippen LogP contribution in [0.4, 0.5) is 0 Å². The second-order valence-corrected chi connectivity index (χ2v) is 6.23. The summed E-state index contributed by atoms with van der Waals surface area (Å²) in [5.74, 6) is 0.0832. The molecule has 0 radical (unpaired) electrons. The molecule has 0 amide bonds. The largest absolute Gasteiger partial charge is 0.480 e. The van der Waals surface area contributed by atoms with Crippen LogP contribution in [-0.4, -0.2) is 48.2 Å². The van der Waals surface area contributed by atoms with Crippen LogP contribution in [0, 0.1) is 5.92 Å². The lowest BCUT2D eigenvalue weighted by molar-refractivity contribution is -0.144. The van der Waals surface area contributed by atoms with Crippen LogP contribution in [0.3, 0.4) is 0 Å². The number of aliphatic carboxylic acids is 1. The second-order valence-electron chi connectivity index (χ2n) is 6.23. The van der Waals surface area contributed by atoms with Gasteiger partial charge in [0, 0.05) is 13.1 Å². The molecule has 0 bridgehead atoms. The highest BCUT2D eigenvalue weighted by molar-refractivity contribution is 5.78. The maximum absolute atomic E-state index is 11.4. The van der Waals surface area contributed by atoms with E-state index in [4.69, 9.17) is 0 Å². The van der Waals surface area contributed by atoms with Gasteiger partial charge < -0.3 is 15.3 Å². The van der Waals surface area contributed by atoms with Crippen molar-refractivity contribution < 1.29 is 9.90 Å².